The Kier molecular flexibility index (Phi) is 6.25. The molecule has 1 aromatic rings. The number of non-ortho nitro benzene ring substituents is 1. The standard InChI is InChI=1S/C13H17BrN2O5/c1-13(18,5-6-21-2)8-15-12(17)10-7-9(16(19)20)3-4-11(10)14/h3-4,7,18H,5-6,8H2,1-2H3,(H,15,17). The molecule has 1 unspecified atom stereocenters. The average molecular weight is 361 g/mol. The normalized spacial score (nSPS) is 13.5. The van der Waals surface area contributed by atoms with Crippen LogP contribution in [0.1, 0.15) is 23.7 Å². The van der Waals surface area contributed by atoms with Gasteiger partial charge in [-0.3, -0.25) is 14.9 Å². The highest BCUT2D eigenvalue weighted by molar-refractivity contribution is 9.10. The van der Waals surface area contributed by atoms with Crippen LogP contribution in [0.5, 0.6) is 0 Å². The Bertz CT molecular complexity index is 533. The lowest BCUT2D eigenvalue weighted by molar-refractivity contribution is -0.384. The summed E-state index contributed by atoms with van der Waals surface area (Å²) in [5.41, 5.74) is -1.14. The van der Waals surface area contributed by atoms with E-state index in [9.17, 15) is 20.0 Å². The maximum absolute atomic E-state index is 12.1. The van der Waals surface area contributed by atoms with E-state index >= 15 is 0 Å². The molecule has 1 rings (SSSR count). The highest BCUT2D eigenvalue weighted by Crippen LogP contribution is 2.22. The quantitative estimate of drug-likeness (QED) is 0.570. The van der Waals surface area contributed by atoms with Crippen LogP contribution in [0.15, 0.2) is 22.7 Å². The molecular weight excluding hydrogens is 344 g/mol. The zero-order valence-corrected chi connectivity index (χ0v) is 13.3. The zero-order valence-electron chi connectivity index (χ0n) is 11.8. The number of hydrogen-bond acceptors (Lipinski definition) is 5. The predicted molar refractivity (Wildman–Crippen MR) is 80.2 cm³/mol. The molecule has 2 N–H and O–H groups in total. The molecule has 0 heterocycles. The van der Waals surface area contributed by atoms with E-state index in [4.69, 9.17) is 4.74 Å². The summed E-state index contributed by atoms with van der Waals surface area (Å²) in [6, 6.07) is 3.93. The summed E-state index contributed by atoms with van der Waals surface area (Å²) in [4.78, 5) is 22.2. The average Bonchev–Trinajstić information content (AvgIpc) is 2.43. The Morgan fingerprint density at radius 3 is 2.81 bits per heavy atom. The number of nitro benzene ring substituents is 1. The molecule has 0 aliphatic carbocycles. The third-order valence-corrected chi connectivity index (χ3v) is 3.57. The van der Waals surface area contributed by atoms with Gasteiger partial charge in [-0.2, -0.15) is 0 Å². The second-order valence-corrected chi connectivity index (χ2v) is 5.70. The van der Waals surface area contributed by atoms with E-state index in [1.807, 2.05) is 0 Å². The largest absolute Gasteiger partial charge is 0.388 e. The van der Waals surface area contributed by atoms with Crippen LogP contribution in [0.25, 0.3) is 0 Å². The minimum atomic E-state index is -1.11. The minimum absolute atomic E-state index is 0.0182. The number of halogens is 1. The fourth-order valence-electron chi connectivity index (χ4n) is 1.58. The van der Waals surface area contributed by atoms with Crippen LogP contribution in [0, 0.1) is 10.1 Å². The van der Waals surface area contributed by atoms with Crippen LogP contribution in [-0.2, 0) is 4.74 Å². The fourth-order valence-corrected chi connectivity index (χ4v) is 2.00. The minimum Gasteiger partial charge on any atom is -0.388 e. The van der Waals surface area contributed by atoms with E-state index in [0.717, 1.165) is 0 Å². The molecule has 1 amide bonds. The maximum atomic E-state index is 12.1. The summed E-state index contributed by atoms with van der Waals surface area (Å²) >= 11 is 3.18. The van der Waals surface area contributed by atoms with Gasteiger partial charge in [0.05, 0.1) is 16.1 Å². The number of rotatable bonds is 7. The fraction of sp³-hybridized carbons (Fsp3) is 0.462. The molecule has 0 aliphatic rings. The number of nitro groups is 1. The zero-order chi connectivity index (χ0) is 16.0. The summed E-state index contributed by atoms with van der Waals surface area (Å²) in [7, 11) is 1.52. The lowest BCUT2D eigenvalue weighted by Crippen LogP contribution is -2.41. The number of nitrogens with one attached hydrogen (secondary N) is 1. The molecule has 0 saturated heterocycles. The lowest BCUT2D eigenvalue weighted by Gasteiger charge is -2.23. The Balaban J connectivity index is 2.76. The molecule has 0 aromatic heterocycles. The summed E-state index contributed by atoms with van der Waals surface area (Å²) in [5, 5.41) is 23.3. The van der Waals surface area contributed by atoms with Gasteiger partial charge in [-0.15, -0.1) is 0 Å². The van der Waals surface area contributed by atoms with Crippen LogP contribution in [0.4, 0.5) is 5.69 Å². The van der Waals surface area contributed by atoms with E-state index in [1.54, 1.807) is 6.92 Å². The van der Waals surface area contributed by atoms with Gasteiger partial charge in [-0.05, 0) is 28.9 Å². The van der Waals surface area contributed by atoms with Gasteiger partial charge in [0.15, 0.2) is 0 Å². The predicted octanol–water partition coefficient (Wildman–Crippen LogP) is 1.87. The van der Waals surface area contributed by atoms with Gasteiger partial charge < -0.3 is 15.2 Å². The van der Waals surface area contributed by atoms with Crippen molar-refractivity contribution in [1.29, 1.82) is 0 Å². The maximum Gasteiger partial charge on any atom is 0.270 e. The topological polar surface area (TPSA) is 102 Å². The summed E-state index contributed by atoms with van der Waals surface area (Å²) in [6.07, 6.45) is 0.361. The van der Waals surface area contributed by atoms with Crippen LogP contribution in [0.3, 0.4) is 0 Å². The van der Waals surface area contributed by atoms with Crippen LogP contribution >= 0.6 is 15.9 Å². The summed E-state index contributed by atoms with van der Waals surface area (Å²) < 4.78 is 5.32. The van der Waals surface area contributed by atoms with E-state index in [0.29, 0.717) is 17.5 Å². The molecule has 0 radical (unpaired) electrons. The van der Waals surface area contributed by atoms with Crippen LogP contribution < -0.4 is 5.32 Å². The molecule has 0 fully saturated rings. The first-order chi connectivity index (χ1) is 9.76. The van der Waals surface area contributed by atoms with Gasteiger partial charge >= 0.3 is 0 Å². The van der Waals surface area contributed by atoms with Gasteiger partial charge in [0.1, 0.15) is 0 Å². The highest BCUT2D eigenvalue weighted by atomic mass is 79.9. The van der Waals surface area contributed by atoms with Crippen molar-refractivity contribution in [3.63, 3.8) is 0 Å². The van der Waals surface area contributed by atoms with Crippen molar-refractivity contribution in [2.45, 2.75) is 18.9 Å². The number of methoxy groups -OCH3 is 1. The number of aliphatic hydroxyl groups is 1. The van der Waals surface area contributed by atoms with E-state index in [1.165, 1.54) is 25.3 Å². The van der Waals surface area contributed by atoms with Crippen LogP contribution in [0.2, 0.25) is 0 Å². The number of nitrogens with zero attached hydrogens (tertiary/aromatic N) is 1. The number of amides is 1. The molecule has 1 aromatic carbocycles. The van der Waals surface area contributed by atoms with E-state index < -0.39 is 16.4 Å². The Morgan fingerprint density at radius 1 is 1.57 bits per heavy atom. The van der Waals surface area contributed by atoms with Gasteiger partial charge in [0.25, 0.3) is 11.6 Å². The van der Waals surface area contributed by atoms with Gasteiger partial charge in [0, 0.05) is 43.3 Å². The first kappa shape index (κ1) is 17.5. The molecule has 0 aliphatic heterocycles. The first-order valence-corrected chi connectivity index (χ1v) is 6.99. The SMILES string of the molecule is COCCC(C)(O)CNC(=O)c1cc([N+](=O)[O-])ccc1Br. The second kappa shape index (κ2) is 7.48. The molecule has 7 nitrogen and oxygen atoms in total. The summed E-state index contributed by atoms with van der Waals surface area (Å²) in [6.45, 7) is 1.96. The lowest BCUT2D eigenvalue weighted by atomic mass is 10.0. The number of hydrogen-bond donors (Lipinski definition) is 2. The van der Waals surface area contributed by atoms with Gasteiger partial charge in [-0.1, -0.05) is 0 Å². The van der Waals surface area contributed by atoms with E-state index in [-0.39, 0.29) is 17.8 Å². The van der Waals surface area contributed by atoms with Crippen molar-refractivity contribution in [1.82, 2.24) is 5.32 Å². The molecule has 8 heteroatoms. The number of benzene rings is 1. The third-order valence-electron chi connectivity index (χ3n) is 2.88. The summed E-state index contributed by atoms with van der Waals surface area (Å²) in [5.74, 6) is -0.497. The van der Waals surface area contributed by atoms with Crippen molar-refractivity contribution in [3.8, 4) is 0 Å². The molecule has 1 atom stereocenters. The Labute approximate surface area is 130 Å². The van der Waals surface area contributed by atoms with Crippen molar-refractivity contribution < 1.29 is 19.6 Å². The molecular formula is C13H17BrN2O5. The van der Waals surface area contributed by atoms with Crippen molar-refractivity contribution in [3.05, 3.63) is 38.3 Å². The first-order valence-electron chi connectivity index (χ1n) is 6.20. The molecule has 21 heavy (non-hydrogen) atoms. The highest BCUT2D eigenvalue weighted by Gasteiger charge is 2.22. The molecule has 0 spiro atoms. The van der Waals surface area contributed by atoms with Gasteiger partial charge in [-0.25, -0.2) is 0 Å². The Hall–Kier alpha value is -1.51. The molecule has 0 bridgehead atoms. The van der Waals surface area contributed by atoms with Crippen molar-refractivity contribution >= 4 is 27.5 Å². The Morgan fingerprint density at radius 2 is 2.24 bits per heavy atom. The number of carbonyl (C=O) groups is 1. The third kappa shape index (κ3) is 5.41. The monoisotopic (exact) mass is 360 g/mol. The van der Waals surface area contributed by atoms with E-state index in [2.05, 4.69) is 21.2 Å². The number of ether oxygens (including phenoxy) is 1. The number of carbonyl (C=O) groups excluding carboxylic acids is 1. The molecule has 116 valence electrons. The van der Waals surface area contributed by atoms with Gasteiger partial charge in [0.2, 0.25) is 0 Å². The van der Waals surface area contributed by atoms with Crippen molar-refractivity contribution in [2.24, 2.45) is 0 Å². The molecule has 0 saturated carbocycles. The van der Waals surface area contributed by atoms with Crippen LogP contribution in [-0.4, -0.2) is 41.8 Å². The smallest absolute Gasteiger partial charge is 0.270 e. The second-order valence-electron chi connectivity index (χ2n) is 4.84. The van der Waals surface area contributed by atoms with Crippen molar-refractivity contribution in [2.75, 3.05) is 20.3 Å².